The summed E-state index contributed by atoms with van der Waals surface area (Å²) in [6.07, 6.45) is -6.23. The first-order valence-electron chi connectivity index (χ1n) is 5.18. The Kier molecular flexibility index (Phi) is 2.91. The number of hydrogen-bond donors (Lipinski definition) is 0. The van der Waals surface area contributed by atoms with Crippen molar-refractivity contribution in [2.75, 3.05) is 0 Å². The van der Waals surface area contributed by atoms with E-state index < -0.39 is 30.0 Å². The van der Waals surface area contributed by atoms with E-state index in [0.717, 1.165) is 0 Å². The molecule has 0 saturated heterocycles. The van der Waals surface area contributed by atoms with Gasteiger partial charge in [-0.1, -0.05) is 24.3 Å². The number of rotatable bonds is 2. The molecule has 0 radical (unpaired) electrons. The fraction of sp³-hybridized carbons (Fsp3) is 0.333. The second-order valence-corrected chi connectivity index (χ2v) is 4.19. The van der Waals surface area contributed by atoms with Gasteiger partial charge in [0.1, 0.15) is 0 Å². The third-order valence-electron chi connectivity index (χ3n) is 2.92. The summed E-state index contributed by atoms with van der Waals surface area (Å²) in [4.78, 5) is 0. The van der Waals surface area contributed by atoms with E-state index in [1.807, 2.05) is 0 Å². The summed E-state index contributed by atoms with van der Waals surface area (Å²) < 4.78 is 88.8. The number of hydrogen-bond acceptors (Lipinski definition) is 0. The fourth-order valence-corrected chi connectivity index (χ4v) is 1.86. The topological polar surface area (TPSA) is 0 Å². The minimum Gasteiger partial charge on any atom is -0.194 e. The zero-order valence-corrected chi connectivity index (χ0v) is 9.24. The normalized spacial score (nSPS) is 16.3. The molecule has 0 saturated carbocycles. The summed E-state index contributed by atoms with van der Waals surface area (Å²) >= 11 is 0. The second-order valence-electron chi connectivity index (χ2n) is 4.19. The van der Waals surface area contributed by atoms with Crippen molar-refractivity contribution < 1.29 is 30.7 Å². The highest BCUT2D eigenvalue weighted by Gasteiger charge is 2.74. The molecule has 0 bridgehead atoms. The van der Waals surface area contributed by atoms with Crippen molar-refractivity contribution in [3.63, 3.8) is 0 Å². The molecule has 0 aliphatic heterocycles. The van der Waals surface area contributed by atoms with Crippen LogP contribution in [0.1, 0.15) is 11.1 Å². The van der Waals surface area contributed by atoms with Crippen LogP contribution in [-0.4, -0.2) is 18.0 Å². The lowest BCUT2D eigenvalue weighted by molar-refractivity contribution is -0.344. The molecule has 0 atom stereocenters. The van der Waals surface area contributed by atoms with Crippen molar-refractivity contribution in [3.8, 4) is 0 Å². The second kappa shape index (κ2) is 3.98. The van der Waals surface area contributed by atoms with E-state index in [0.29, 0.717) is 11.6 Å². The maximum Gasteiger partial charge on any atom is 0.460 e. The molecule has 104 valence electrons. The molecule has 0 nitrogen and oxygen atoms in total. The molecule has 1 aromatic carbocycles. The Morgan fingerprint density at radius 3 is 1.95 bits per heavy atom. The maximum absolute atomic E-state index is 13.4. The lowest BCUT2D eigenvalue weighted by Gasteiger charge is -2.29. The Morgan fingerprint density at radius 2 is 1.42 bits per heavy atom. The van der Waals surface area contributed by atoms with Crippen LogP contribution in [0.25, 0.3) is 6.08 Å². The van der Waals surface area contributed by atoms with Gasteiger partial charge in [0.25, 0.3) is 0 Å². The molecule has 0 unspecified atom stereocenters. The third-order valence-corrected chi connectivity index (χ3v) is 2.92. The van der Waals surface area contributed by atoms with Crippen LogP contribution in [0.2, 0.25) is 0 Å². The quantitative estimate of drug-likeness (QED) is 0.703. The smallest absolute Gasteiger partial charge is 0.194 e. The zero-order valence-electron chi connectivity index (χ0n) is 9.24. The lowest BCUT2D eigenvalue weighted by atomic mass is 10.00. The van der Waals surface area contributed by atoms with Gasteiger partial charge in [-0.05, 0) is 17.2 Å². The van der Waals surface area contributed by atoms with Crippen LogP contribution in [0.3, 0.4) is 0 Å². The molecule has 1 aromatic rings. The first-order valence-corrected chi connectivity index (χ1v) is 5.18. The molecule has 0 amide bonds. The van der Waals surface area contributed by atoms with Crippen molar-refractivity contribution in [1.82, 2.24) is 0 Å². The average molecular weight is 284 g/mol. The van der Waals surface area contributed by atoms with Crippen molar-refractivity contribution >= 4 is 6.08 Å². The highest BCUT2D eigenvalue weighted by Crippen LogP contribution is 2.51. The van der Waals surface area contributed by atoms with Crippen molar-refractivity contribution in [1.29, 1.82) is 0 Å². The summed E-state index contributed by atoms with van der Waals surface area (Å²) in [6.45, 7) is 0. The summed E-state index contributed by atoms with van der Waals surface area (Å²) in [5.41, 5.74) is -0.693. The third kappa shape index (κ3) is 2.01. The standard InChI is InChI=1S/C12H7F7/c13-10(14,11(15,16)12(17,18)19)9-5-7-3-1-2-4-8(7)6-9/h1-5H,6H2. The molecule has 0 heterocycles. The van der Waals surface area contributed by atoms with Crippen LogP contribution in [0.5, 0.6) is 0 Å². The van der Waals surface area contributed by atoms with E-state index in [9.17, 15) is 30.7 Å². The van der Waals surface area contributed by atoms with E-state index in [-0.39, 0.29) is 5.56 Å². The molecular formula is C12H7F7. The van der Waals surface area contributed by atoms with Crippen LogP contribution < -0.4 is 0 Å². The number of alkyl halides is 7. The van der Waals surface area contributed by atoms with Gasteiger partial charge in [0.15, 0.2) is 0 Å². The summed E-state index contributed by atoms with van der Waals surface area (Å²) in [7, 11) is 0. The number of halogens is 7. The average Bonchev–Trinajstić information content (AvgIpc) is 2.71. The summed E-state index contributed by atoms with van der Waals surface area (Å²) in [5, 5.41) is 0. The van der Waals surface area contributed by atoms with Gasteiger partial charge in [-0.15, -0.1) is 0 Å². The molecule has 1 aliphatic carbocycles. The highest BCUT2D eigenvalue weighted by atomic mass is 19.4. The van der Waals surface area contributed by atoms with Crippen molar-refractivity contribution in [2.24, 2.45) is 0 Å². The number of allylic oxidation sites excluding steroid dienone is 1. The molecule has 7 heteroatoms. The van der Waals surface area contributed by atoms with Gasteiger partial charge in [-0.25, -0.2) is 0 Å². The van der Waals surface area contributed by atoms with E-state index in [1.165, 1.54) is 24.3 Å². The molecule has 2 rings (SSSR count). The highest BCUT2D eigenvalue weighted by molar-refractivity contribution is 5.65. The van der Waals surface area contributed by atoms with Gasteiger partial charge in [0, 0.05) is 12.0 Å². The van der Waals surface area contributed by atoms with E-state index in [1.54, 1.807) is 0 Å². The van der Waals surface area contributed by atoms with Crippen LogP contribution in [-0.2, 0) is 6.42 Å². The van der Waals surface area contributed by atoms with Crippen molar-refractivity contribution in [2.45, 2.75) is 24.4 Å². The largest absolute Gasteiger partial charge is 0.460 e. The Morgan fingerprint density at radius 1 is 0.842 bits per heavy atom. The van der Waals surface area contributed by atoms with Gasteiger partial charge >= 0.3 is 18.0 Å². The lowest BCUT2D eigenvalue weighted by Crippen LogP contribution is -2.52. The Bertz CT molecular complexity index is 525. The maximum atomic E-state index is 13.4. The first-order chi connectivity index (χ1) is 8.57. The van der Waals surface area contributed by atoms with Crippen molar-refractivity contribution in [3.05, 3.63) is 41.0 Å². The van der Waals surface area contributed by atoms with Gasteiger partial charge in [-0.3, -0.25) is 0 Å². The van der Waals surface area contributed by atoms with Gasteiger partial charge in [-0.2, -0.15) is 30.7 Å². The molecule has 0 aromatic heterocycles. The predicted octanol–water partition coefficient (Wildman–Crippen LogP) is 4.46. The Labute approximate surface area is 103 Å². The first kappa shape index (κ1) is 13.9. The van der Waals surface area contributed by atoms with E-state index >= 15 is 0 Å². The van der Waals surface area contributed by atoms with E-state index in [2.05, 4.69) is 0 Å². The summed E-state index contributed by atoms with van der Waals surface area (Å²) in [5.74, 6) is -11.3. The number of benzene rings is 1. The van der Waals surface area contributed by atoms with Gasteiger partial charge in [0.05, 0.1) is 0 Å². The molecule has 1 aliphatic rings. The van der Waals surface area contributed by atoms with Crippen LogP contribution in [0, 0.1) is 0 Å². The van der Waals surface area contributed by atoms with Gasteiger partial charge in [0.2, 0.25) is 0 Å². The molecule has 0 fully saturated rings. The van der Waals surface area contributed by atoms with Crippen LogP contribution >= 0.6 is 0 Å². The Hall–Kier alpha value is -1.53. The SMILES string of the molecule is FC(F)(F)C(F)(F)C(F)(F)C1=Cc2ccccc2C1. The zero-order chi connectivity index (χ0) is 14.5. The molecule has 0 N–H and O–H groups in total. The minimum atomic E-state index is -6.30. The van der Waals surface area contributed by atoms with E-state index in [4.69, 9.17) is 0 Å². The van der Waals surface area contributed by atoms with Crippen LogP contribution in [0.15, 0.2) is 29.8 Å². The Balaban J connectivity index is 2.39. The van der Waals surface area contributed by atoms with Crippen LogP contribution in [0.4, 0.5) is 30.7 Å². The minimum absolute atomic E-state index is 0.232. The predicted molar refractivity (Wildman–Crippen MR) is 54.1 cm³/mol. The molecule has 19 heavy (non-hydrogen) atoms. The van der Waals surface area contributed by atoms with Gasteiger partial charge < -0.3 is 0 Å². The fourth-order valence-electron chi connectivity index (χ4n) is 1.86. The number of fused-ring (bicyclic) bond motifs is 1. The summed E-state index contributed by atoms with van der Waals surface area (Å²) in [6, 6.07) is 5.76. The molecule has 0 spiro atoms. The monoisotopic (exact) mass is 284 g/mol. The molecular weight excluding hydrogens is 277 g/mol.